The summed E-state index contributed by atoms with van der Waals surface area (Å²) in [5.74, 6) is 0.628. The van der Waals surface area contributed by atoms with Gasteiger partial charge in [-0.3, -0.25) is 0 Å². The quantitative estimate of drug-likeness (QED) is 0.836. The molecular formula is C12H18ClNO2. The summed E-state index contributed by atoms with van der Waals surface area (Å²) in [6.45, 7) is 4.24. The van der Waals surface area contributed by atoms with Crippen LogP contribution in [-0.2, 0) is 0 Å². The minimum Gasteiger partial charge on any atom is -0.495 e. The first kappa shape index (κ1) is 13.1. The standard InChI is InChI=1S/C12H18ClNO2/c1-4-12(2,15)8-14-9-5-6-10(13)11(7-9)16-3/h5-7,14-15H,4,8H2,1-3H3. The van der Waals surface area contributed by atoms with Crippen LogP contribution in [-0.4, -0.2) is 24.4 Å². The lowest BCUT2D eigenvalue weighted by Gasteiger charge is -2.22. The molecular weight excluding hydrogens is 226 g/mol. The summed E-state index contributed by atoms with van der Waals surface area (Å²) in [4.78, 5) is 0. The number of rotatable bonds is 5. The van der Waals surface area contributed by atoms with Crippen LogP contribution in [0.15, 0.2) is 18.2 Å². The molecule has 0 bridgehead atoms. The third kappa shape index (κ3) is 3.58. The molecule has 0 aliphatic heterocycles. The van der Waals surface area contributed by atoms with Gasteiger partial charge in [0.15, 0.2) is 0 Å². The Balaban J connectivity index is 2.68. The predicted molar refractivity (Wildman–Crippen MR) is 67.4 cm³/mol. The van der Waals surface area contributed by atoms with Gasteiger partial charge in [0, 0.05) is 18.3 Å². The summed E-state index contributed by atoms with van der Waals surface area (Å²) >= 11 is 5.91. The molecule has 3 nitrogen and oxygen atoms in total. The average Bonchev–Trinajstić information content (AvgIpc) is 2.28. The monoisotopic (exact) mass is 243 g/mol. The van der Waals surface area contributed by atoms with Gasteiger partial charge in [-0.25, -0.2) is 0 Å². The van der Waals surface area contributed by atoms with Crippen molar-refractivity contribution in [1.82, 2.24) is 0 Å². The number of benzene rings is 1. The zero-order valence-electron chi connectivity index (χ0n) is 9.88. The molecule has 0 heterocycles. The van der Waals surface area contributed by atoms with Crippen molar-refractivity contribution in [2.75, 3.05) is 19.0 Å². The lowest BCUT2D eigenvalue weighted by molar-refractivity contribution is 0.0697. The number of halogens is 1. The van der Waals surface area contributed by atoms with Gasteiger partial charge in [0.2, 0.25) is 0 Å². The number of aliphatic hydroxyl groups is 1. The van der Waals surface area contributed by atoms with E-state index in [-0.39, 0.29) is 0 Å². The van der Waals surface area contributed by atoms with Crippen molar-refractivity contribution in [3.8, 4) is 5.75 Å². The highest BCUT2D eigenvalue weighted by Crippen LogP contribution is 2.27. The molecule has 1 rings (SSSR count). The molecule has 0 aliphatic rings. The van der Waals surface area contributed by atoms with Gasteiger partial charge >= 0.3 is 0 Å². The second-order valence-corrected chi connectivity index (χ2v) is 4.46. The topological polar surface area (TPSA) is 41.5 Å². The van der Waals surface area contributed by atoms with Crippen molar-refractivity contribution >= 4 is 17.3 Å². The van der Waals surface area contributed by atoms with Gasteiger partial charge in [-0.2, -0.15) is 0 Å². The largest absolute Gasteiger partial charge is 0.495 e. The van der Waals surface area contributed by atoms with Crippen molar-refractivity contribution in [3.63, 3.8) is 0 Å². The van der Waals surface area contributed by atoms with Crippen LogP contribution in [0.25, 0.3) is 0 Å². The van der Waals surface area contributed by atoms with Gasteiger partial charge in [-0.1, -0.05) is 18.5 Å². The molecule has 0 fully saturated rings. The number of methoxy groups -OCH3 is 1. The van der Waals surface area contributed by atoms with E-state index in [9.17, 15) is 5.11 Å². The van der Waals surface area contributed by atoms with Gasteiger partial charge in [0.1, 0.15) is 5.75 Å². The maximum Gasteiger partial charge on any atom is 0.139 e. The molecule has 1 aromatic carbocycles. The Bertz CT molecular complexity index is 353. The average molecular weight is 244 g/mol. The van der Waals surface area contributed by atoms with E-state index >= 15 is 0 Å². The molecule has 0 radical (unpaired) electrons. The molecule has 0 aromatic heterocycles. The number of ether oxygens (including phenoxy) is 1. The molecule has 0 aliphatic carbocycles. The minimum atomic E-state index is -0.702. The van der Waals surface area contributed by atoms with Crippen molar-refractivity contribution < 1.29 is 9.84 Å². The summed E-state index contributed by atoms with van der Waals surface area (Å²) in [5, 5.41) is 13.6. The van der Waals surface area contributed by atoms with Gasteiger partial charge in [0.25, 0.3) is 0 Å². The van der Waals surface area contributed by atoms with E-state index in [0.717, 1.165) is 5.69 Å². The Morgan fingerprint density at radius 2 is 2.19 bits per heavy atom. The van der Waals surface area contributed by atoms with Gasteiger partial charge in [0.05, 0.1) is 17.7 Å². The van der Waals surface area contributed by atoms with Crippen molar-refractivity contribution in [2.45, 2.75) is 25.9 Å². The van der Waals surface area contributed by atoms with E-state index in [2.05, 4.69) is 5.32 Å². The highest BCUT2D eigenvalue weighted by Gasteiger charge is 2.16. The molecule has 16 heavy (non-hydrogen) atoms. The van der Waals surface area contributed by atoms with Crippen LogP contribution < -0.4 is 10.1 Å². The van der Waals surface area contributed by atoms with Crippen LogP contribution in [0.1, 0.15) is 20.3 Å². The second kappa shape index (κ2) is 5.41. The van der Waals surface area contributed by atoms with Gasteiger partial charge in [-0.05, 0) is 25.5 Å². The normalized spacial score (nSPS) is 14.3. The maximum atomic E-state index is 9.85. The molecule has 0 spiro atoms. The van der Waals surface area contributed by atoms with E-state index < -0.39 is 5.60 Å². The summed E-state index contributed by atoms with van der Waals surface area (Å²) < 4.78 is 5.11. The van der Waals surface area contributed by atoms with Crippen LogP contribution in [0.4, 0.5) is 5.69 Å². The Morgan fingerprint density at radius 1 is 1.50 bits per heavy atom. The molecule has 1 aromatic rings. The summed E-state index contributed by atoms with van der Waals surface area (Å²) in [6.07, 6.45) is 0.699. The molecule has 0 saturated heterocycles. The van der Waals surface area contributed by atoms with E-state index in [1.807, 2.05) is 19.1 Å². The molecule has 2 N–H and O–H groups in total. The van der Waals surface area contributed by atoms with Crippen LogP contribution in [0.3, 0.4) is 0 Å². The first-order chi connectivity index (χ1) is 7.48. The van der Waals surface area contributed by atoms with Crippen LogP contribution in [0, 0.1) is 0 Å². The number of hydrogen-bond acceptors (Lipinski definition) is 3. The van der Waals surface area contributed by atoms with E-state index in [4.69, 9.17) is 16.3 Å². The fourth-order valence-corrected chi connectivity index (χ4v) is 1.38. The molecule has 4 heteroatoms. The summed E-state index contributed by atoms with van der Waals surface area (Å²) in [6, 6.07) is 5.44. The fourth-order valence-electron chi connectivity index (χ4n) is 1.19. The first-order valence-electron chi connectivity index (χ1n) is 5.28. The zero-order chi connectivity index (χ0) is 12.2. The van der Waals surface area contributed by atoms with Gasteiger partial charge in [-0.15, -0.1) is 0 Å². The third-order valence-electron chi connectivity index (χ3n) is 2.59. The van der Waals surface area contributed by atoms with Crippen LogP contribution in [0.5, 0.6) is 5.75 Å². The van der Waals surface area contributed by atoms with E-state index in [0.29, 0.717) is 23.7 Å². The molecule has 1 unspecified atom stereocenters. The highest BCUT2D eigenvalue weighted by molar-refractivity contribution is 6.32. The molecule has 0 saturated carbocycles. The first-order valence-corrected chi connectivity index (χ1v) is 5.66. The van der Waals surface area contributed by atoms with Crippen LogP contribution in [0.2, 0.25) is 5.02 Å². The Labute approximate surface area is 101 Å². The second-order valence-electron chi connectivity index (χ2n) is 4.05. The zero-order valence-corrected chi connectivity index (χ0v) is 10.6. The SMILES string of the molecule is CCC(C)(O)CNc1ccc(Cl)c(OC)c1. The molecule has 1 atom stereocenters. The minimum absolute atomic E-state index is 0.494. The number of anilines is 1. The third-order valence-corrected chi connectivity index (χ3v) is 2.90. The van der Waals surface area contributed by atoms with E-state index in [1.165, 1.54) is 0 Å². The molecule has 90 valence electrons. The highest BCUT2D eigenvalue weighted by atomic mass is 35.5. The Hall–Kier alpha value is -0.930. The van der Waals surface area contributed by atoms with Crippen molar-refractivity contribution in [1.29, 1.82) is 0 Å². The summed E-state index contributed by atoms with van der Waals surface area (Å²) in [5.41, 5.74) is 0.183. The Kier molecular flexibility index (Phi) is 4.44. The lowest BCUT2D eigenvalue weighted by atomic mass is 10.0. The van der Waals surface area contributed by atoms with Gasteiger partial charge < -0.3 is 15.2 Å². The predicted octanol–water partition coefficient (Wildman–Crippen LogP) is 2.92. The fraction of sp³-hybridized carbons (Fsp3) is 0.500. The smallest absolute Gasteiger partial charge is 0.139 e. The summed E-state index contributed by atoms with van der Waals surface area (Å²) in [7, 11) is 1.58. The van der Waals surface area contributed by atoms with Crippen LogP contribution >= 0.6 is 11.6 Å². The lowest BCUT2D eigenvalue weighted by Crippen LogP contribution is -2.32. The maximum absolute atomic E-state index is 9.85. The molecule has 0 amide bonds. The Morgan fingerprint density at radius 3 is 2.75 bits per heavy atom. The van der Waals surface area contributed by atoms with Crippen molar-refractivity contribution in [3.05, 3.63) is 23.2 Å². The van der Waals surface area contributed by atoms with Crippen molar-refractivity contribution in [2.24, 2.45) is 0 Å². The number of hydrogen-bond donors (Lipinski definition) is 2. The van der Waals surface area contributed by atoms with E-state index in [1.54, 1.807) is 20.1 Å². The number of nitrogens with one attached hydrogen (secondary N) is 1.